The van der Waals surface area contributed by atoms with Crippen LogP contribution >= 0.6 is 0 Å². The average Bonchev–Trinajstić information content (AvgIpc) is 3.04. The van der Waals surface area contributed by atoms with E-state index in [1.165, 1.54) is 43.6 Å². The summed E-state index contributed by atoms with van der Waals surface area (Å²) in [5.41, 5.74) is 8.50. The van der Waals surface area contributed by atoms with Gasteiger partial charge in [-0.1, -0.05) is 48.5 Å². The molecule has 42 heavy (non-hydrogen) atoms. The molecule has 0 aliphatic rings. The molecule has 8 aromatic heterocycles. The molecule has 4 nitrogen and oxygen atoms in total. The van der Waals surface area contributed by atoms with E-state index in [1.54, 1.807) is 0 Å². The maximum absolute atomic E-state index is 5.16. The van der Waals surface area contributed by atoms with Gasteiger partial charge in [-0.05, 0) is 60.7 Å². The molecule has 12 aromatic rings. The lowest BCUT2D eigenvalue weighted by molar-refractivity contribution is -0.637. The molecule has 0 saturated carbocycles. The summed E-state index contributed by atoms with van der Waals surface area (Å²) in [7, 11) is 4.35. The van der Waals surface area contributed by atoms with Crippen molar-refractivity contribution in [2.24, 2.45) is 14.1 Å². The Morgan fingerprint density at radius 2 is 0.643 bits per heavy atom. The van der Waals surface area contributed by atoms with Gasteiger partial charge in [-0.15, -0.1) is 0 Å². The highest BCUT2D eigenvalue weighted by Gasteiger charge is 2.21. The molecular weight excluding hydrogens is 512 g/mol. The van der Waals surface area contributed by atoms with Gasteiger partial charge in [-0.2, -0.15) is 9.13 Å². The number of benzene rings is 4. The zero-order chi connectivity index (χ0) is 27.9. The van der Waals surface area contributed by atoms with Gasteiger partial charge in [0.05, 0.1) is 32.8 Å². The first-order valence-electron chi connectivity index (χ1n) is 14.3. The summed E-state index contributed by atoms with van der Waals surface area (Å²) in [6.07, 6.45) is 0. The van der Waals surface area contributed by atoms with Crippen molar-refractivity contribution in [3.63, 3.8) is 0 Å². The molecular formula is C38H26N4+2. The van der Waals surface area contributed by atoms with Crippen molar-refractivity contribution in [3.8, 4) is 0 Å². The fraction of sp³-hybridized carbons (Fsp3) is 0.0526. The van der Waals surface area contributed by atoms with Crippen LogP contribution in [0.25, 0.3) is 87.2 Å². The van der Waals surface area contributed by atoms with Gasteiger partial charge < -0.3 is 0 Å². The normalized spacial score (nSPS) is 12.0. The Hall–Kier alpha value is -5.48. The zero-order valence-electron chi connectivity index (χ0n) is 23.3. The van der Waals surface area contributed by atoms with Crippen molar-refractivity contribution in [1.29, 1.82) is 0 Å². The van der Waals surface area contributed by atoms with E-state index in [9.17, 15) is 0 Å². The summed E-state index contributed by atoms with van der Waals surface area (Å²) in [5, 5.41) is 9.12. The van der Waals surface area contributed by atoms with E-state index in [2.05, 4.69) is 145 Å². The van der Waals surface area contributed by atoms with E-state index < -0.39 is 0 Å². The minimum Gasteiger partial charge on any atom is -0.245 e. The third-order valence-electron chi connectivity index (χ3n) is 8.92. The van der Waals surface area contributed by atoms with Crippen molar-refractivity contribution in [2.75, 3.05) is 0 Å². The van der Waals surface area contributed by atoms with Crippen molar-refractivity contribution >= 4 is 87.2 Å². The second-order valence-corrected chi connectivity index (χ2v) is 11.3. The van der Waals surface area contributed by atoms with Gasteiger partial charge in [0.15, 0.2) is 0 Å². The third kappa shape index (κ3) is 3.29. The van der Waals surface area contributed by atoms with Crippen LogP contribution in [0.2, 0.25) is 0 Å². The van der Waals surface area contributed by atoms with Crippen LogP contribution in [0.4, 0.5) is 0 Å². The fourth-order valence-electron chi connectivity index (χ4n) is 6.68. The summed E-state index contributed by atoms with van der Waals surface area (Å²) >= 11 is 0. The van der Waals surface area contributed by atoms with Gasteiger partial charge in [0, 0.05) is 44.5 Å². The number of rotatable bonds is 0. The van der Waals surface area contributed by atoms with Gasteiger partial charge in [0.1, 0.15) is 14.1 Å². The first kappa shape index (κ1) is 23.2. The van der Waals surface area contributed by atoms with Gasteiger partial charge in [0.2, 0.25) is 11.0 Å². The summed E-state index contributed by atoms with van der Waals surface area (Å²) in [5.74, 6) is 0. The van der Waals surface area contributed by atoms with Crippen LogP contribution in [0.15, 0.2) is 121 Å². The number of pyridine rings is 4. The number of hydrogen-bond donors (Lipinski definition) is 0. The van der Waals surface area contributed by atoms with E-state index in [0.29, 0.717) is 0 Å². The standard InChI is InChI=1S/C38H26N4/c1-41-33-21-17-29-13-14-30-18-22-34(42(2)38(30)37(29)41)26-9-5-24(6-10-26)32-20-16-28-12-11-27-15-19-31(39-35(27)36(28)40-32)23-3-7-25(33)8-4-23/h3-22H,1-2H3/q+2. The van der Waals surface area contributed by atoms with E-state index in [4.69, 9.17) is 9.97 Å². The van der Waals surface area contributed by atoms with Crippen LogP contribution in [-0.4, -0.2) is 9.97 Å². The molecule has 4 aromatic carbocycles. The van der Waals surface area contributed by atoms with Crippen molar-refractivity contribution in [2.45, 2.75) is 0 Å². The number of aromatic nitrogens is 4. The molecule has 0 aliphatic heterocycles. The summed E-state index contributed by atoms with van der Waals surface area (Å²) in [4.78, 5) is 10.3. The van der Waals surface area contributed by atoms with Crippen LogP contribution in [-0.2, 0) is 14.1 Å². The van der Waals surface area contributed by atoms with Crippen molar-refractivity contribution in [3.05, 3.63) is 121 Å². The maximum Gasteiger partial charge on any atom is 0.285 e. The zero-order valence-corrected chi connectivity index (χ0v) is 23.3. The average molecular weight is 539 g/mol. The lowest BCUT2D eigenvalue weighted by Crippen LogP contribution is -2.36. The lowest BCUT2D eigenvalue weighted by atomic mass is 10.1. The minimum atomic E-state index is 0.927. The van der Waals surface area contributed by atoms with Crippen LogP contribution in [0.3, 0.4) is 0 Å². The summed E-state index contributed by atoms with van der Waals surface area (Å²) in [6, 6.07) is 43.7. The van der Waals surface area contributed by atoms with Crippen molar-refractivity contribution < 1.29 is 9.13 Å². The summed E-state index contributed by atoms with van der Waals surface area (Å²) in [6.45, 7) is 0. The molecule has 0 atom stereocenters. The SMILES string of the molecule is C[n+]1c2ccc3ccc4ccc(c5ccc(cc5)c5ccc6ccc7ccc(nc7c6n5)c5ccc2cc5)[n+](C)c4c31. The van der Waals surface area contributed by atoms with Crippen LogP contribution < -0.4 is 9.13 Å². The molecule has 0 spiro atoms. The molecule has 12 rings (SSSR count). The Morgan fingerprint density at radius 3 is 1.07 bits per heavy atom. The molecule has 4 heteroatoms. The monoisotopic (exact) mass is 538 g/mol. The van der Waals surface area contributed by atoms with Crippen LogP contribution in [0.5, 0.6) is 0 Å². The quantitative estimate of drug-likeness (QED) is 0.145. The Labute approximate surface area is 241 Å². The summed E-state index contributed by atoms with van der Waals surface area (Å²) < 4.78 is 4.67. The van der Waals surface area contributed by atoms with E-state index >= 15 is 0 Å². The second-order valence-electron chi connectivity index (χ2n) is 11.3. The predicted molar refractivity (Wildman–Crippen MR) is 173 cm³/mol. The smallest absolute Gasteiger partial charge is 0.245 e. The first-order valence-corrected chi connectivity index (χ1v) is 14.3. The molecule has 0 saturated heterocycles. The minimum absolute atomic E-state index is 0.927. The van der Waals surface area contributed by atoms with Gasteiger partial charge in [-0.3, -0.25) is 0 Å². The Balaban J connectivity index is 1.51. The second kappa shape index (κ2) is 8.51. The topological polar surface area (TPSA) is 33.5 Å². The lowest BCUT2D eigenvalue weighted by Gasteiger charge is -2.06. The molecule has 12 bridgehead atoms. The molecule has 0 aliphatic carbocycles. The molecule has 0 N–H and O–H groups in total. The third-order valence-corrected chi connectivity index (χ3v) is 8.92. The van der Waals surface area contributed by atoms with E-state index in [-0.39, 0.29) is 0 Å². The molecule has 0 amide bonds. The highest BCUT2D eigenvalue weighted by atomic mass is 15.0. The highest BCUT2D eigenvalue weighted by molar-refractivity contribution is 6.06. The molecule has 8 heterocycles. The van der Waals surface area contributed by atoms with Crippen LogP contribution in [0, 0.1) is 0 Å². The van der Waals surface area contributed by atoms with Crippen LogP contribution in [0.1, 0.15) is 0 Å². The van der Waals surface area contributed by atoms with Gasteiger partial charge >= 0.3 is 0 Å². The van der Waals surface area contributed by atoms with E-state index in [0.717, 1.165) is 43.6 Å². The molecule has 0 unspecified atom stereocenters. The van der Waals surface area contributed by atoms with E-state index in [1.807, 2.05) is 0 Å². The van der Waals surface area contributed by atoms with Crippen molar-refractivity contribution in [1.82, 2.24) is 9.97 Å². The molecule has 0 fully saturated rings. The molecule has 0 radical (unpaired) electrons. The van der Waals surface area contributed by atoms with Gasteiger partial charge in [-0.25, -0.2) is 9.97 Å². The molecule has 196 valence electrons. The Bertz CT molecular complexity index is 2430. The predicted octanol–water partition coefficient (Wildman–Crippen LogP) is 7.91. The van der Waals surface area contributed by atoms with Gasteiger partial charge in [0.25, 0.3) is 11.0 Å². The largest absolute Gasteiger partial charge is 0.285 e. The Morgan fingerprint density at radius 1 is 0.333 bits per heavy atom. The number of nitrogens with zero attached hydrogens (tertiary/aromatic N) is 4. The first-order chi connectivity index (χ1) is 20.6. The fourth-order valence-corrected chi connectivity index (χ4v) is 6.68. The number of aryl methyl sites for hydroxylation is 2. The maximum atomic E-state index is 5.16. The number of hydrogen-bond acceptors (Lipinski definition) is 2. The Kier molecular flexibility index (Phi) is 4.71. The highest BCUT2D eigenvalue weighted by Crippen LogP contribution is 2.27.